The minimum atomic E-state index is -0.170. The number of fused-ring (bicyclic) bond motifs is 1. The molecule has 0 saturated heterocycles. The number of ether oxygens (including phenoxy) is 1. The molecule has 4 aromatic rings. The number of halogens is 1. The second-order valence-corrected chi connectivity index (χ2v) is 10.0. The van der Waals surface area contributed by atoms with Crippen molar-refractivity contribution < 1.29 is 9.53 Å². The van der Waals surface area contributed by atoms with Gasteiger partial charge in [0.2, 0.25) is 0 Å². The first kappa shape index (κ1) is 25.1. The Morgan fingerprint density at radius 1 is 1.29 bits per heavy atom. The van der Waals surface area contributed by atoms with Crippen molar-refractivity contribution in [2.24, 2.45) is 13.0 Å². The second kappa shape index (κ2) is 10.7. The summed E-state index contributed by atoms with van der Waals surface area (Å²) < 4.78 is 8.97. The Kier molecular flexibility index (Phi) is 7.70. The summed E-state index contributed by atoms with van der Waals surface area (Å²) in [6.07, 6.45) is 3.77. The number of aromatic nitrogens is 6. The number of methoxy groups -OCH3 is 1. The van der Waals surface area contributed by atoms with Crippen LogP contribution in [0.4, 0.5) is 17.2 Å². The van der Waals surface area contributed by atoms with Crippen LogP contribution < -0.4 is 20.9 Å². The molecule has 1 aliphatic rings. The van der Waals surface area contributed by atoms with E-state index in [1.54, 1.807) is 27.3 Å². The molecule has 1 saturated carbocycles. The van der Waals surface area contributed by atoms with Crippen LogP contribution >= 0.6 is 28.4 Å². The van der Waals surface area contributed by atoms with Crippen molar-refractivity contribution in [2.75, 3.05) is 24.8 Å². The van der Waals surface area contributed by atoms with Crippen LogP contribution in [0.25, 0.3) is 22.4 Å². The molecule has 1 aliphatic carbocycles. The molecular formula is C22H26IN8O3P. The van der Waals surface area contributed by atoms with Crippen LogP contribution in [0, 0.1) is 12.8 Å². The number of carbonyl (C=O) groups excluding carboxylic acids is 1. The van der Waals surface area contributed by atoms with Gasteiger partial charge in [-0.15, -0.1) is 5.10 Å². The monoisotopic (exact) mass is 608 g/mol. The normalized spacial score (nSPS) is 13.1. The molecule has 5 rings (SSSR count). The number of hydrogen-bond acceptors (Lipinski definition) is 8. The maximum atomic E-state index is 12.6. The molecule has 0 bridgehead atoms. The Hall–Kier alpha value is -2.99. The molecule has 0 aliphatic heterocycles. The minimum absolute atomic E-state index is 0.170. The van der Waals surface area contributed by atoms with E-state index in [4.69, 9.17) is 4.74 Å². The average Bonchev–Trinajstić information content (AvgIpc) is 3.57. The summed E-state index contributed by atoms with van der Waals surface area (Å²) in [5, 5.41) is 14.4. The number of aromatic amines is 1. The first-order chi connectivity index (χ1) is 16.9. The van der Waals surface area contributed by atoms with Gasteiger partial charge in [-0.25, -0.2) is 14.4 Å². The highest BCUT2D eigenvalue weighted by molar-refractivity contribution is 14.2. The second-order valence-electron chi connectivity index (χ2n) is 7.97. The lowest BCUT2D eigenvalue weighted by Gasteiger charge is -2.14. The topological polar surface area (TPSA) is 132 Å². The average molecular weight is 608 g/mol. The standard InChI is InChI=1S/C18H20IN8O2P.C4H6O/c1-9-21-16(25-27(9)30-19)10-6-5-7-11(15(10)29-4)22-12-8-13(20-2)23-17-14(12)18(28)26(3)24-17;5-3-4-1-2-4/h5-8,30H,1-4H3,(H3,20,22,23,24);3-4H,1-2H2. The number of nitrogens with one attached hydrogen (secondary N) is 3. The van der Waals surface area contributed by atoms with E-state index >= 15 is 0 Å². The maximum Gasteiger partial charge on any atom is 0.277 e. The molecule has 1 fully saturated rings. The van der Waals surface area contributed by atoms with Gasteiger partial charge in [0.05, 0.1) is 30.4 Å². The van der Waals surface area contributed by atoms with E-state index in [0.717, 1.165) is 30.5 Å². The summed E-state index contributed by atoms with van der Waals surface area (Å²) in [6, 6.07) is 7.48. The molecular weight excluding hydrogens is 582 g/mol. The van der Waals surface area contributed by atoms with Gasteiger partial charge >= 0.3 is 0 Å². The highest BCUT2D eigenvalue weighted by atomic mass is 127. The number of para-hydroxylation sites is 1. The van der Waals surface area contributed by atoms with Gasteiger partial charge in [0, 0.05) is 26.1 Å². The Morgan fingerprint density at radius 3 is 2.63 bits per heavy atom. The van der Waals surface area contributed by atoms with Gasteiger partial charge in [0.15, 0.2) is 17.2 Å². The lowest BCUT2D eigenvalue weighted by atomic mass is 10.1. The molecule has 0 spiro atoms. The molecule has 0 amide bonds. The zero-order valence-electron chi connectivity index (χ0n) is 19.7. The van der Waals surface area contributed by atoms with Crippen molar-refractivity contribution >= 4 is 62.9 Å². The summed E-state index contributed by atoms with van der Waals surface area (Å²) in [5.74, 6) is 3.10. The largest absolute Gasteiger partial charge is 0.494 e. The fourth-order valence-corrected chi connectivity index (χ4v) is 5.12. The number of pyridine rings is 1. The quantitative estimate of drug-likeness (QED) is 0.163. The Balaban J connectivity index is 0.000000514. The Labute approximate surface area is 216 Å². The molecule has 3 heterocycles. The number of anilines is 3. The summed E-state index contributed by atoms with van der Waals surface area (Å²) in [4.78, 5) is 31.2. The zero-order chi connectivity index (χ0) is 25.1. The summed E-state index contributed by atoms with van der Waals surface area (Å²) in [6.45, 7) is 1.92. The smallest absolute Gasteiger partial charge is 0.277 e. The van der Waals surface area contributed by atoms with Crippen LogP contribution in [-0.2, 0) is 11.8 Å². The highest BCUT2D eigenvalue weighted by Crippen LogP contribution is 2.38. The van der Waals surface area contributed by atoms with Crippen molar-refractivity contribution in [3.8, 4) is 17.1 Å². The van der Waals surface area contributed by atoms with Crippen LogP contribution in [-0.4, -0.2) is 49.7 Å². The number of hydrogen-bond donors (Lipinski definition) is 3. The maximum absolute atomic E-state index is 12.6. The molecule has 13 heteroatoms. The van der Waals surface area contributed by atoms with Crippen molar-refractivity contribution in [1.29, 1.82) is 0 Å². The van der Waals surface area contributed by atoms with E-state index in [-0.39, 0.29) is 5.56 Å². The van der Waals surface area contributed by atoms with E-state index in [0.29, 0.717) is 52.1 Å². The van der Waals surface area contributed by atoms with Gasteiger partial charge in [-0.2, -0.15) is 0 Å². The van der Waals surface area contributed by atoms with Gasteiger partial charge in [-0.3, -0.25) is 14.6 Å². The summed E-state index contributed by atoms with van der Waals surface area (Å²) >= 11 is 2.27. The molecule has 1 atom stereocenters. The Bertz CT molecular complexity index is 1430. The first-order valence-electron chi connectivity index (χ1n) is 10.9. The lowest BCUT2D eigenvalue weighted by molar-refractivity contribution is -0.108. The Morgan fingerprint density at radius 2 is 2.06 bits per heavy atom. The van der Waals surface area contributed by atoms with E-state index in [9.17, 15) is 9.59 Å². The lowest BCUT2D eigenvalue weighted by Crippen LogP contribution is -2.12. The summed E-state index contributed by atoms with van der Waals surface area (Å²) in [7, 11) is 5.04. The molecule has 11 nitrogen and oxygen atoms in total. The SMILES string of the molecule is CNc1cc(Nc2cccc(-c3nc(C)n(PI)n3)c2OC)c2c(=O)n(C)[nH]c2n1.O=CC1CC1. The van der Waals surface area contributed by atoms with Gasteiger partial charge in [0.25, 0.3) is 5.56 Å². The van der Waals surface area contributed by atoms with Gasteiger partial charge in [-0.1, -0.05) is 6.07 Å². The number of H-pyrrole nitrogens is 1. The molecule has 0 radical (unpaired) electrons. The summed E-state index contributed by atoms with van der Waals surface area (Å²) in [5.41, 5.74) is 2.40. The number of benzene rings is 1. The van der Waals surface area contributed by atoms with Gasteiger partial charge in [-0.05, 0) is 53.9 Å². The number of aldehydes is 1. The predicted octanol–water partition coefficient (Wildman–Crippen LogP) is 4.01. The fraction of sp³-hybridized carbons (Fsp3) is 0.318. The first-order valence-corrected chi connectivity index (χ1v) is 14.9. The van der Waals surface area contributed by atoms with Crippen LogP contribution in [0.1, 0.15) is 18.7 Å². The molecule has 1 aromatic carbocycles. The number of aryl methyl sites for hydroxylation is 2. The van der Waals surface area contributed by atoms with E-state index in [2.05, 4.69) is 52.8 Å². The highest BCUT2D eigenvalue weighted by Gasteiger charge is 2.19. The number of carbonyl (C=O) groups is 1. The molecule has 3 N–H and O–H groups in total. The predicted molar refractivity (Wildman–Crippen MR) is 147 cm³/mol. The van der Waals surface area contributed by atoms with E-state index in [1.165, 1.54) is 4.68 Å². The van der Waals surface area contributed by atoms with Crippen LogP contribution in [0.5, 0.6) is 5.75 Å². The van der Waals surface area contributed by atoms with Crippen LogP contribution in [0.3, 0.4) is 0 Å². The number of nitrogens with zero attached hydrogens (tertiary/aromatic N) is 5. The van der Waals surface area contributed by atoms with E-state index in [1.807, 2.05) is 29.6 Å². The van der Waals surface area contributed by atoms with Crippen molar-refractivity contribution in [2.45, 2.75) is 19.8 Å². The minimum Gasteiger partial charge on any atom is -0.494 e. The molecule has 3 aromatic heterocycles. The van der Waals surface area contributed by atoms with Crippen molar-refractivity contribution in [1.82, 2.24) is 29.3 Å². The van der Waals surface area contributed by atoms with Gasteiger partial charge < -0.3 is 20.2 Å². The zero-order valence-corrected chi connectivity index (χ0v) is 22.9. The van der Waals surface area contributed by atoms with Gasteiger partial charge in [0.1, 0.15) is 23.3 Å². The van der Waals surface area contributed by atoms with Crippen molar-refractivity contribution in [3.63, 3.8) is 0 Å². The van der Waals surface area contributed by atoms with Crippen LogP contribution in [0.2, 0.25) is 0 Å². The molecule has 184 valence electrons. The third kappa shape index (κ3) is 5.32. The van der Waals surface area contributed by atoms with Crippen LogP contribution in [0.15, 0.2) is 29.1 Å². The van der Waals surface area contributed by atoms with Crippen molar-refractivity contribution in [3.05, 3.63) is 40.4 Å². The third-order valence-electron chi connectivity index (χ3n) is 5.46. The fourth-order valence-electron chi connectivity index (χ4n) is 3.44. The molecule has 1 unspecified atom stereocenters. The van der Waals surface area contributed by atoms with E-state index < -0.39 is 0 Å². The third-order valence-corrected chi connectivity index (χ3v) is 7.42. The molecule has 35 heavy (non-hydrogen) atoms. The number of rotatable bonds is 7.